The van der Waals surface area contributed by atoms with Gasteiger partial charge in [-0.1, -0.05) is 76.7 Å². The van der Waals surface area contributed by atoms with Gasteiger partial charge in [0.2, 0.25) is 5.91 Å². The number of rotatable bonds is 17. The Hall–Kier alpha value is -1.91. The molecule has 0 unspecified atom stereocenters. The summed E-state index contributed by atoms with van der Waals surface area (Å²) in [7, 11) is 0. The topological polar surface area (TPSA) is 49.3 Å². The third-order valence-corrected chi connectivity index (χ3v) is 5.47. The molecule has 1 rings (SSSR count). The molecule has 0 radical (unpaired) electrons. The highest BCUT2D eigenvalue weighted by molar-refractivity contribution is 9.10. The number of nitrogens with one attached hydrogen (secondary N) is 1. The number of amides is 1. The largest absolute Gasteiger partial charge is 0.394 e. The summed E-state index contributed by atoms with van der Waals surface area (Å²) in [5.41, 5.74) is 1.41. The molecule has 2 N–H and O–H groups in total. The van der Waals surface area contributed by atoms with Crippen molar-refractivity contribution < 1.29 is 9.90 Å². The fraction of sp³-hybridized carbons (Fsp3) is 0.464. The predicted molar refractivity (Wildman–Crippen MR) is 141 cm³/mol. The highest BCUT2D eigenvalue weighted by Gasteiger charge is 2.04. The van der Waals surface area contributed by atoms with E-state index in [0.717, 1.165) is 49.4 Å². The van der Waals surface area contributed by atoms with Crippen LogP contribution in [0, 0.1) is 0 Å². The SMILES string of the molecule is C[C@@H](CO)NC(=O)CCC/C=C\C/C=C\C/C=C\C/C=C/CCCCc1ccc(Br)cc1. The molecule has 0 fully saturated rings. The second-order valence-electron chi connectivity index (χ2n) is 8.01. The molecule has 4 heteroatoms. The molecule has 0 aliphatic heterocycles. The summed E-state index contributed by atoms with van der Waals surface area (Å²) in [6.07, 6.45) is 27.6. The minimum absolute atomic E-state index is 0.0122. The molecular weight excluding hydrogens is 462 g/mol. The van der Waals surface area contributed by atoms with Crippen molar-refractivity contribution in [1.82, 2.24) is 5.32 Å². The summed E-state index contributed by atoms with van der Waals surface area (Å²) < 4.78 is 1.14. The van der Waals surface area contributed by atoms with Crippen LogP contribution in [0.25, 0.3) is 0 Å². The highest BCUT2D eigenvalue weighted by Crippen LogP contribution is 2.13. The highest BCUT2D eigenvalue weighted by atomic mass is 79.9. The van der Waals surface area contributed by atoms with Gasteiger partial charge in [-0.3, -0.25) is 4.79 Å². The van der Waals surface area contributed by atoms with E-state index in [1.165, 1.54) is 18.4 Å². The number of allylic oxidation sites excluding steroid dienone is 8. The quantitative estimate of drug-likeness (QED) is 0.175. The van der Waals surface area contributed by atoms with Crippen LogP contribution < -0.4 is 5.32 Å². The summed E-state index contributed by atoms with van der Waals surface area (Å²) in [5.74, 6) is 0.0122. The van der Waals surface area contributed by atoms with E-state index in [2.05, 4.69) is 94.1 Å². The lowest BCUT2D eigenvalue weighted by Crippen LogP contribution is -2.34. The molecule has 0 saturated carbocycles. The lowest BCUT2D eigenvalue weighted by molar-refractivity contribution is -0.122. The second kappa shape index (κ2) is 19.8. The van der Waals surface area contributed by atoms with Crippen LogP contribution in [0.1, 0.15) is 70.3 Å². The first-order valence-corrected chi connectivity index (χ1v) is 12.7. The Morgan fingerprint density at radius 3 is 1.97 bits per heavy atom. The smallest absolute Gasteiger partial charge is 0.220 e. The average molecular weight is 503 g/mol. The zero-order valence-corrected chi connectivity index (χ0v) is 21.1. The van der Waals surface area contributed by atoms with Crippen LogP contribution in [0.15, 0.2) is 77.3 Å². The van der Waals surface area contributed by atoms with Crippen LogP contribution in [-0.4, -0.2) is 23.7 Å². The third-order valence-electron chi connectivity index (χ3n) is 4.94. The molecule has 1 atom stereocenters. The first-order valence-electron chi connectivity index (χ1n) is 11.9. The lowest BCUT2D eigenvalue weighted by Gasteiger charge is -2.09. The lowest BCUT2D eigenvalue weighted by atomic mass is 10.1. The van der Waals surface area contributed by atoms with Gasteiger partial charge in [-0.2, -0.15) is 0 Å². The van der Waals surface area contributed by atoms with Gasteiger partial charge < -0.3 is 10.4 Å². The Labute approximate surface area is 203 Å². The van der Waals surface area contributed by atoms with Gasteiger partial charge in [0.05, 0.1) is 6.61 Å². The van der Waals surface area contributed by atoms with Gasteiger partial charge >= 0.3 is 0 Å². The molecule has 1 amide bonds. The first-order chi connectivity index (χ1) is 15.6. The molecule has 0 heterocycles. The van der Waals surface area contributed by atoms with Gasteiger partial charge in [0, 0.05) is 16.9 Å². The summed E-state index contributed by atoms with van der Waals surface area (Å²) in [4.78, 5) is 11.6. The van der Waals surface area contributed by atoms with Crippen LogP contribution in [0.2, 0.25) is 0 Å². The first kappa shape index (κ1) is 28.1. The molecule has 0 aliphatic carbocycles. The number of benzene rings is 1. The molecule has 1 aromatic carbocycles. The number of carbonyl (C=O) groups is 1. The van der Waals surface area contributed by atoms with E-state index >= 15 is 0 Å². The van der Waals surface area contributed by atoms with Gasteiger partial charge in [-0.15, -0.1) is 0 Å². The van der Waals surface area contributed by atoms with Crippen molar-refractivity contribution in [2.24, 2.45) is 0 Å². The van der Waals surface area contributed by atoms with E-state index in [4.69, 9.17) is 5.11 Å². The van der Waals surface area contributed by atoms with Gasteiger partial charge in [-0.05, 0) is 82.4 Å². The normalized spacial score (nSPS) is 13.1. The standard InChI is InChI=1S/C28H40BrNO2/c1-25(24-31)30-28(32)19-17-15-13-11-9-7-5-3-2-4-6-8-10-12-14-16-18-26-20-22-27(29)23-21-26/h2,4-5,7-8,10-11,13,20-23,25,31H,3,6,9,12,14-19,24H2,1H3,(H,30,32)/b4-2-,7-5-,10-8+,13-11-/t25-/m0/s1. The molecule has 0 aliphatic rings. The number of hydrogen-bond donors (Lipinski definition) is 2. The minimum atomic E-state index is -0.160. The van der Waals surface area contributed by atoms with E-state index in [0.29, 0.717) is 6.42 Å². The zero-order chi connectivity index (χ0) is 23.3. The summed E-state index contributed by atoms with van der Waals surface area (Å²) in [6.45, 7) is 1.78. The molecule has 3 nitrogen and oxygen atoms in total. The number of hydrogen-bond acceptors (Lipinski definition) is 2. The maximum Gasteiger partial charge on any atom is 0.220 e. The van der Waals surface area contributed by atoms with Crippen LogP contribution in [0.3, 0.4) is 0 Å². The predicted octanol–water partition coefficient (Wildman–Crippen LogP) is 7.22. The Bertz CT molecular complexity index is 719. The monoisotopic (exact) mass is 501 g/mol. The van der Waals surface area contributed by atoms with Crippen molar-refractivity contribution in [3.8, 4) is 0 Å². The van der Waals surface area contributed by atoms with E-state index in [-0.39, 0.29) is 18.6 Å². The molecule has 0 aromatic heterocycles. The van der Waals surface area contributed by atoms with Crippen LogP contribution in [0.4, 0.5) is 0 Å². The van der Waals surface area contributed by atoms with E-state index in [1.807, 2.05) is 0 Å². The maximum atomic E-state index is 11.6. The minimum Gasteiger partial charge on any atom is -0.394 e. The number of unbranched alkanes of at least 4 members (excludes halogenated alkanes) is 3. The number of carbonyl (C=O) groups excluding carboxylic acids is 1. The fourth-order valence-electron chi connectivity index (χ4n) is 3.06. The number of halogens is 1. The number of aryl methyl sites for hydroxylation is 1. The van der Waals surface area contributed by atoms with E-state index in [9.17, 15) is 4.79 Å². The second-order valence-corrected chi connectivity index (χ2v) is 8.92. The van der Waals surface area contributed by atoms with Crippen molar-refractivity contribution in [2.75, 3.05) is 6.61 Å². The Morgan fingerprint density at radius 2 is 1.41 bits per heavy atom. The van der Waals surface area contributed by atoms with Crippen molar-refractivity contribution in [1.29, 1.82) is 0 Å². The molecule has 32 heavy (non-hydrogen) atoms. The van der Waals surface area contributed by atoms with E-state index in [1.54, 1.807) is 6.92 Å². The van der Waals surface area contributed by atoms with E-state index < -0.39 is 0 Å². The summed E-state index contributed by atoms with van der Waals surface area (Å²) in [5, 5.41) is 11.7. The Balaban J connectivity index is 1.93. The number of aliphatic hydroxyl groups excluding tert-OH is 1. The molecule has 0 bridgehead atoms. The molecule has 0 saturated heterocycles. The maximum absolute atomic E-state index is 11.6. The van der Waals surface area contributed by atoms with Crippen LogP contribution in [0.5, 0.6) is 0 Å². The van der Waals surface area contributed by atoms with Crippen LogP contribution >= 0.6 is 15.9 Å². The Morgan fingerprint density at radius 1 is 0.875 bits per heavy atom. The summed E-state index contributed by atoms with van der Waals surface area (Å²) >= 11 is 3.47. The van der Waals surface area contributed by atoms with Crippen molar-refractivity contribution in [2.45, 2.75) is 77.2 Å². The van der Waals surface area contributed by atoms with Gasteiger partial charge in [0.1, 0.15) is 0 Å². The van der Waals surface area contributed by atoms with Crippen molar-refractivity contribution in [3.05, 3.63) is 82.9 Å². The van der Waals surface area contributed by atoms with Gasteiger partial charge in [-0.25, -0.2) is 0 Å². The molecule has 0 spiro atoms. The van der Waals surface area contributed by atoms with Crippen molar-refractivity contribution in [3.63, 3.8) is 0 Å². The molecule has 176 valence electrons. The molecular formula is C28H40BrNO2. The summed E-state index contributed by atoms with van der Waals surface area (Å²) in [6, 6.07) is 8.46. The Kier molecular flexibility index (Phi) is 17.4. The zero-order valence-electron chi connectivity index (χ0n) is 19.5. The number of aliphatic hydroxyl groups is 1. The fourth-order valence-corrected chi connectivity index (χ4v) is 3.33. The van der Waals surface area contributed by atoms with Gasteiger partial charge in [0.15, 0.2) is 0 Å². The molecule has 1 aromatic rings. The van der Waals surface area contributed by atoms with Crippen molar-refractivity contribution >= 4 is 21.8 Å². The average Bonchev–Trinajstić information content (AvgIpc) is 2.79. The van der Waals surface area contributed by atoms with Crippen LogP contribution in [-0.2, 0) is 11.2 Å². The third kappa shape index (κ3) is 16.7. The van der Waals surface area contributed by atoms with Gasteiger partial charge in [0.25, 0.3) is 0 Å².